The number of carbonyl (C=O) groups is 2. The largest absolute Gasteiger partial charge is 0.477 e. The summed E-state index contributed by atoms with van der Waals surface area (Å²) in [5.41, 5.74) is 0. The van der Waals surface area contributed by atoms with Crippen LogP contribution < -0.4 is 0 Å². The van der Waals surface area contributed by atoms with Crippen molar-refractivity contribution in [3.8, 4) is 0 Å². The van der Waals surface area contributed by atoms with Crippen LogP contribution in [0.5, 0.6) is 0 Å². The molecule has 0 fully saturated rings. The van der Waals surface area contributed by atoms with Crippen LogP contribution >= 0.6 is 0 Å². The van der Waals surface area contributed by atoms with Crippen molar-refractivity contribution in [2.75, 3.05) is 47.3 Å². The summed E-state index contributed by atoms with van der Waals surface area (Å²) in [4.78, 5) is 25.8. The van der Waals surface area contributed by atoms with Crippen molar-refractivity contribution >= 4 is 17.8 Å². The predicted molar refractivity (Wildman–Crippen MR) is 152 cm³/mol. The van der Waals surface area contributed by atoms with E-state index in [-0.39, 0.29) is 17.6 Å². The third-order valence-electron chi connectivity index (χ3n) is 7.05. The van der Waals surface area contributed by atoms with Crippen LogP contribution in [0, 0.1) is 0 Å². The van der Waals surface area contributed by atoms with E-state index in [9.17, 15) is 19.8 Å². The van der Waals surface area contributed by atoms with Crippen LogP contribution in [0.15, 0.2) is 4.99 Å². The zero-order valence-corrected chi connectivity index (χ0v) is 24.7. The molecule has 1 heterocycles. The maximum atomic E-state index is 11.2. The summed E-state index contributed by atoms with van der Waals surface area (Å²) in [7, 11) is 5.52. The topological polar surface area (TPSA) is 107 Å². The lowest BCUT2D eigenvalue weighted by Crippen LogP contribution is -2.59. The standard InChI is InChI=1S/C24H46N2O3.C5H11NO2/c1-3-4-5-6-7-8-9-10-11-12-13-14-15-16-17-18-23-25-19-20-26(23,22(2)27)21-24(28)29;1-6(2,3)4-5(7)8/h22,27H,3-21H2,1-2H3;4H2,1-3H3/p+2. The Kier molecular flexibility index (Phi) is 19.6. The van der Waals surface area contributed by atoms with Gasteiger partial charge >= 0.3 is 11.9 Å². The Hall–Kier alpha value is -1.51. The number of unbranched alkanes of at least 4 members (excludes halogenated alkanes) is 14. The van der Waals surface area contributed by atoms with E-state index in [0.717, 1.165) is 18.7 Å². The van der Waals surface area contributed by atoms with Crippen molar-refractivity contribution in [1.82, 2.24) is 0 Å². The van der Waals surface area contributed by atoms with E-state index in [2.05, 4.69) is 11.9 Å². The highest BCUT2D eigenvalue weighted by Crippen LogP contribution is 2.23. The van der Waals surface area contributed by atoms with Crippen LogP contribution in [0.25, 0.3) is 0 Å². The Morgan fingerprint density at radius 3 is 1.57 bits per heavy atom. The van der Waals surface area contributed by atoms with Crippen LogP contribution in [-0.4, -0.2) is 95.6 Å². The number of aliphatic hydroxyl groups is 1. The van der Waals surface area contributed by atoms with Crippen LogP contribution in [-0.2, 0) is 9.59 Å². The van der Waals surface area contributed by atoms with Gasteiger partial charge in [0.25, 0.3) is 0 Å². The van der Waals surface area contributed by atoms with E-state index < -0.39 is 18.2 Å². The summed E-state index contributed by atoms with van der Waals surface area (Å²) in [5, 5.41) is 27.6. The van der Waals surface area contributed by atoms with Crippen molar-refractivity contribution in [2.45, 2.75) is 123 Å². The number of aliphatic carboxylic acids is 2. The molecule has 0 aromatic rings. The van der Waals surface area contributed by atoms with Crippen LogP contribution in [0.2, 0.25) is 0 Å². The average Bonchev–Trinajstić information content (AvgIpc) is 3.18. The molecule has 3 N–H and O–H groups in total. The molecule has 8 nitrogen and oxygen atoms in total. The second-order valence-corrected chi connectivity index (χ2v) is 11.8. The first-order valence-electron chi connectivity index (χ1n) is 14.8. The summed E-state index contributed by atoms with van der Waals surface area (Å²) >= 11 is 0. The van der Waals surface area contributed by atoms with Crippen LogP contribution in [0.3, 0.4) is 0 Å². The zero-order chi connectivity index (χ0) is 28.2. The summed E-state index contributed by atoms with van der Waals surface area (Å²) in [6, 6.07) is 0. The van der Waals surface area contributed by atoms with Crippen molar-refractivity contribution in [2.24, 2.45) is 4.99 Å². The fraction of sp³-hybridized carbons (Fsp3) is 0.897. The number of amidine groups is 1. The highest BCUT2D eigenvalue weighted by molar-refractivity contribution is 5.80. The number of hydrogen-bond donors (Lipinski definition) is 3. The lowest BCUT2D eigenvalue weighted by Gasteiger charge is -2.35. The number of quaternary nitrogens is 2. The highest BCUT2D eigenvalue weighted by Gasteiger charge is 2.43. The van der Waals surface area contributed by atoms with Gasteiger partial charge in [0, 0.05) is 13.3 Å². The Labute approximate surface area is 226 Å². The number of rotatable bonds is 21. The van der Waals surface area contributed by atoms with Gasteiger partial charge in [0.05, 0.1) is 27.7 Å². The van der Waals surface area contributed by atoms with E-state index in [1.807, 2.05) is 21.1 Å². The van der Waals surface area contributed by atoms with Gasteiger partial charge in [-0.15, -0.1) is 0 Å². The van der Waals surface area contributed by atoms with E-state index in [0.29, 0.717) is 17.6 Å². The molecule has 0 saturated heterocycles. The van der Waals surface area contributed by atoms with E-state index >= 15 is 0 Å². The van der Waals surface area contributed by atoms with E-state index in [1.165, 1.54) is 89.9 Å². The predicted octanol–water partition coefficient (Wildman–Crippen LogP) is 5.68. The number of carboxylic acids is 2. The van der Waals surface area contributed by atoms with Gasteiger partial charge in [-0.25, -0.2) is 19.1 Å². The normalized spacial score (nSPS) is 18.2. The number of aliphatic hydroxyl groups excluding tert-OH is 1. The number of likely N-dealkylation sites (N-methyl/N-ethyl adjacent to an activating group) is 1. The van der Waals surface area contributed by atoms with Crippen molar-refractivity contribution in [1.29, 1.82) is 0 Å². The molecule has 0 aromatic carbocycles. The molecule has 37 heavy (non-hydrogen) atoms. The van der Waals surface area contributed by atoms with Crippen molar-refractivity contribution < 1.29 is 33.9 Å². The first kappa shape index (κ1) is 35.5. The molecule has 2 unspecified atom stereocenters. The molecule has 1 aliphatic rings. The number of carboxylic acid groups (broad SMARTS) is 2. The van der Waals surface area contributed by atoms with Gasteiger partial charge in [-0.05, 0) is 6.42 Å². The molecule has 0 spiro atoms. The monoisotopic (exact) mass is 529 g/mol. The summed E-state index contributed by atoms with van der Waals surface area (Å²) in [5.74, 6) is -0.730. The van der Waals surface area contributed by atoms with Gasteiger partial charge in [0.2, 0.25) is 5.84 Å². The van der Waals surface area contributed by atoms with Gasteiger partial charge in [0.1, 0.15) is 6.54 Å². The van der Waals surface area contributed by atoms with Crippen molar-refractivity contribution in [3.05, 3.63) is 0 Å². The molecule has 0 bridgehead atoms. The Balaban J connectivity index is 0.00000139. The summed E-state index contributed by atoms with van der Waals surface area (Å²) in [6.45, 7) is 5.32. The lowest BCUT2D eigenvalue weighted by atomic mass is 10.0. The minimum absolute atomic E-state index is 0.0603. The molecule has 0 radical (unpaired) electrons. The van der Waals surface area contributed by atoms with Gasteiger partial charge in [-0.3, -0.25) is 0 Å². The molecule has 0 amide bonds. The molecule has 218 valence electrons. The van der Waals surface area contributed by atoms with Crippen molar-refractivity contribution in [3.63, 3.8) is 0 Å². The molecule has 0 aliphatic carbocycles. The van der Waals surface area contributed by atoms with Crippen LogP contribution in [0.1, 0.15) is 117 Å². The van der Waals surface area contributed by atoms with E-state index in [1.54, 1.807) is 6.92 Å². The summed E-state index contributed by atoms with van der Waals surface area (Å²) in [6.07, 6.45) is 20.2. The molecular weight excluding hydrogens is 470 g/mol. The molecular formula is C29H59N3O5+2. The Bertz CT molecular complexity index is 646. The second-order valence-electron chi connectivity index (χ2n) is 11.8. The third kappa shape index (κ3) is 18.4. The lowest BCUT2D eigenvalue weighted by molar-refractivity contribution is -0.877. The maximum Gasteiger partial charge on any atom is 0.359 e. The number of nitrogens with zero attached hydrogens (tertiary/aromatic N) is 3. The molecule has 1 rings (SSSR count). The smallest absolute Gasteiger partial charge is 0.359 e. The minimum atomic E-state index is -0.864. The molecule has 8 heteroatoms. The average molecular weight is 530 g/mol. The second kappa shape index (κ2) is 20.5. The number of hydrogen-bond acceptors (Lipinski definition) is 4. The molecule has 0 aromatic heterocycles. The maximum absolute atomic E-state index is 11.2. The Morgan fingerprint density at radius 2 is 1.24 bits per heavy atom. The van der Waals surface area contributed by atoms with Gasteiger partial charge < -0.3 is 19.8 Å². The molecule has 0 saturated carbocycles. The quantitative estimate of drug-likeness (QED) is 0.131. The third-order valence-corrected chi connectivity index (χ3v) is 7.05. The van der Waals surface area contributed by atoms with E-state index in [4.69, 9.17) is 5.11 Å². The molecule has 2 atom stereocenters. The highest BCUT2D eigenvalue weighted by atomic mass is 16.4. The first-order valence-corrected chi connectivity index (χ1v) is 14.8. The fourth-order valence-electron chi connectivity index (χ4n) is 4.94. The number of aliphatic imine (C=N–C) groups is 1. The molecule has 1 aliphatic heterocycles. The fourth-order valence-corrected chi connectivity index (χ4v) is 4.94. The summed E-state index contributed by atoms with van der Waals surface area (Å²) < 4.78 is 0.614. The van der Waals surface area contributed by atoms with Gasteiger partial charge in [-0.1, -0.05) is 96.8 Å². The van der Waals surface area contributed by atoms with Gasteiger partial charge in [0.15, 0.2) is 19.3 Å². The zero-order valence-electron chi connectivity index (χ0n) is 24.7. The first-order chi connectivity index (χ1) is 17.4. The van der Waals surface area contributed by atoms with Gasteiger partial charge in [-0.2, -0.15) is 0 Å². The SMILES string of the molecule is CCCCCCCCCCCCCCCCCC1=NCC[N+]1(CC(=O)O)C(C)O.C[N+](C)(C)CC(=O)O. The minimum Gasteiger partial charge on any atom is -0.477 e. The van der Waals surface area contributed by atoms with Crippen LogP contribution in [0.4, 0.5) is 0 Å². The Morgan fingerprint density at radius 1 is 0.811 bits per heavy atom.